The standard InChI is InChI=1S/C14H5Cl2F4N3O/c15-7-2-1-3-8(17)10(7)23-12-6(11(16)22-13(23)24)4-5-9(21-12)14(18,19)20/h1-5H. The summed E-state index contributed by atoms with van der Waals surface area (Å²) < 4.78 is 53.4. The average Bonchev–Trinajstić information content (AvgIpc) is 2.48. The molecular weight excluding hydrogens is 373 g/mol. The van der Waals surface area contributed by atoms with Crippen LogP contribution in [0.15, 0.2) is 35.1 Å². The molecule has 0 atom stereocenters. The lowest BCUT2D eigenvalue weighted by molar-refractivity contribution is -0.141. The number of alkyl halides is 3. The van der Waals surface area contributed by atoms with E-state index in [4.69, 9.17) is 23.2 Å². The second-order valence-corrected chi connectivity index (χ2v) is 5.42. The SMILES string of the molecule is O=c1nc(Cl)c2ccc(C(F)(F)F)nc2n1-c1c(F)cccc1Cl. The van der Waals surface area contributed by atoms with Crippen molar-refractivity contribution in [2.24, 2.45) is 0 Å². The fourth-order valence-corrected chi connectivity index (χ4v) is 2.59. The Kier molecular flexibility index (Phi) is 3.97. The van der Waals surface area contributed by atoms with E-state index < -0.39 is 34.7 Å². The second kappa shape index (κ2) is 5.71. The van der Waals surface area contributed by atoms with Gasteiger partial charge in [0.15, 0.2) is 5.65 Å². The number of hydrogen-bond donors (Lipinski definition) is 0. The summed E-state index contributed by atoms with van der Waals surface area (Å²) in [7, 11) is 0. The molecule has 0 saturated heterocycles. The summed E-state index contributed by atoms with van der Waals surface area (Å²) in [5, 5.41) is -0.592. The molecule has 24 heavy (non-hydrogen) atoms. The monoisotopic (exact) mass is 377 g/mol. The minimum atomic E-state index is -4.76. The van der Waals surface area contributed by atoms with Gasteiger partial charge in [0, 0.05) is 0 Å². The normalized spacial score (nSPS) is 11.9. The molecule has 0 N–H and O–H groups in total. The van der Waals surface area contributed by atoms with Gasteiger partial charge in [-0.15, -0.1) is 0 Å². The molecule has 0 spiro atoms. The summed E-state index contributed by atoms with van der Waals surface area (Å²) in [6.45, 7) is 0. The van der Waals surface area contributed by atoms with E-state index in [1.807, 2.05) is 0 Å². The molecule has 10 heteroatoms. The van der Waals surface area contributed by atoms with Gasteiger partial charge in [-0.3, -0.25) is 0 Å². The van der Waals surface area contributed by atoms with E-state index in [0.717, 1.165) is 12.1 Å². The highest BCUT2D eigenvalue weighted by Crippen LogP contribution is 2.31. The number of rotatable bonds is 1. The number of fused-ring (bicyclic) bond motifs is 1. The number of pyridine rings is 1. The van der Waals surface area contributed by atoms with E-state index in [1.54, 1.807) is 0 Å². The molecule has 124 valence electrons. The molecule has 0 aliphatic carbocycles. The van der Waals surface area contributed by atoms with Gasteiger partial charge < -0.3 is 0 Å². The van der Waals surface area contributed by atoms with E-state index in [0.29, 0.717) is 10.6 Å². The van der Waals surface area contributed by atoms with Crippen LogP contribution in [-0.2, 0) is 6.18 Å². The molecule has 0 aliphatic heterocycles. The minimum Gasteiger partial charge on any atom is -0.245 e. The van der Waals surface area contributed by atoms with Gasteiger partial charge in [0.2, 0.25) is 0 Å². The first-order chi connectivity index (χ1) is 11.2. The molecule has 1 aromatic carbocycles. The van der Waals surface area contributed by atoms with Crippen molar-refractivity contribution in [2.75, 3.05) is 0 Å². The Morgan fingerprint density at radius 3 is 2.38 bits per heavy atom. The Morgan fingerprint density at radius 2 is 1.75 bits per heavy atom. The zero-order chi connectivity index (χ0) is 17.6. The van der Waals surface area contributed by atoms with Crippen molar-refractivity contribution in [3.63, 3.8) is 0 Å². The molecule has 0 fully saturated rings. The largest absolute Gasteiger partial charge is 0.433 e. The maximum absolute atomic E-state index is 14.1. The lowest BCUT2D eigenvalue weighted by Crippen LogP contribution is -2.24. The predicted molar refractivity (Wildman–Crippen MR) is 80.1 cm³/mol. The van der Waals surface area contributed by atoms with Crippen LogP contribution in [0.25, 0.3) is 16.7 Å². The van der Waals surface area contributed by atoms with Crippen molar-refractivity contribution in [3.8, 4) is 5.69 Å². The lowest BCUT2D eigenvalue weighted by Gasteiger charge is -2.13. The van der Waals surface area contributed by atoms with Crippen LogP contribution in [0.1, 0.15) is 5.69 Å². The van der Waals surface area contributed by atoms with Crippen LogP contribution in [0.2, 0.25) is 10.2 Å². The molecule has 2 heterocycles. The number of benzene rings is 1. The molecule has 0 amide bonds. The van der Waals surface area contributed by atoms with Gasteiger partial charge >= 0.3 is 11.9 Å². The first-order valence-electron chi connectivity index (χ1n) is 6.31. The van der Waals surface area contributed by atoms with Crippen LogP contribution >= 0.6 is 23.2 Å². The average molecular weight is 378 g/mol. The topological polar surface area (TPSA) is 47.8 Å². The van der Waals surface area contributed by atoms with E-state index in [2.05, 4.69) is 9.97 Å². The number of nitrogens with zero attached hydrogens (tertiary/aromatic N) is 3. The van der Waals surface area contributed by atoms with Crippen LogP contribution in [0.3, 0.4) is 0 Å². The van der Waals surface area contributed by atoms with Crippen molar-refractivity contribution >= 4 is 34.2 Å². The van der Waals surface area contributed by atoms with E-state index in [9.17, 15) is 22.4 Å². The van der Waals surface area contributed by atoms with Gasteiger partial charge in [-0.1, -0.05) is 29.3 Å². The van der Waals surface area contributed by atoms with Crippen molar-refractivity contribution in [1.82, 2.24) is 14.5 Å². The smallest absolute Gasteiger partial charge is 0.245 e. The van der Waals surface area contributed by atoms with Crippen LogP contribution in [0.4, 0.5) is 17.6 Å². The van der Waals surface area contributed by atoms with Gasteiger partial charge in [0.25, 0.3) is 0 Å². The van der Waals surface area contributed by atoms with Gasteiger partial charge in [-0.05, 0) is 24.3 Å². The number of hydrogen-bond acceptors (Lipinski definition) is 3. The predicted octanol–water partition coefficient (Wildman–Crippen LogP) is 4.25. The molecule has 4 nitrogen and oxygen atoms in total. The van der Waals surface area contributed by atoms with Crippen LogP contribution < -0.4 is 5.69 Å². The third kappa shape index (κ3) is 2.71. The Bertz CT molecular complexity index is 997. The van der Waals surface area contributed by atoms with Crippen LogP contribution in [0, 0.1) is 5.82 Å². The highest BCUT2D eigenvalue weighted by atomic mass is 35.5. The van der Waals surface area contributed by atoms with Crippen molar-refractivity contribution in [2.45, 2.75) is 6.18 Å². The van der Waals surface area contributed by atoms with E-state index in [-0.39, 0.29) is 15.6 Å². The Hall–Kier alpha value is -2.19. The van der Waals surface area contributed by atoms with Crippen molar-refractivity contribution in [3.05, 3.63) is 62.5 Å². The fourth-order valence-electron chi connectivity index (χ4n) is 2.13. The number of aromatic nitrogens is 3. The van der Waals surface area contributed by atoms with Gasteiger partial charge in [-0.25, -0.2) is 18.7 Å². The highest BCUT2D eigenvalue weighted by molar-refractivity contribution is 6.34. The van der Waals surface area contributed by atoms with Crippen molar-refractivity contribution in [1.29, 1.82) is 0 Å². The fraction of sp³-hybridized carbons (Fsp3) is 0.0714. The molecule has 2 aromatic heterocycles. The van der Waals surface area contributed by atoms with Gasteiger partial charge in [-0.2, -0.15) is 18.2 Å². The van der Waals surface area contributed by atoms with Gasteiger partial charge in [0.1, 0.15) is 22.4 Å². The second-order valence-electron chi connectivity index (χ2n) is 4.66. The summed E-state index contributed by atoms with van der Waals surface area (Å²) in [5.41, 5.74) is -3.32. The quantitative estimate of drug-likeness (QED) is 0.470. The molecule has 0 bridgehead atoms. The van der Waals surface area contributed by atoms with Crippen LogP contribution in [-0.4, -0.2) is 14.5 Å². The molecule has 0 radical (unpaired) electrons. The summed E-state index contributed by atoms with van der Waals surface area (Å²) >= 11 is 11.7. The summed E-state index contributed by atoms with van der Waals surface area (Å²) in [6, 6.07) is 5.26. The summed E-state index contributed by atoms with van der Waals surface area (Å²) in [6.07, 6.45) is -4.76. The third-order valence-electron chi connectivity index (χ3n) is 3.15. The molecule has 0 aliphatic rings. The van der Waals surface area contributed by atoms with Crippen molar-refractivity contribution < 1.29 is 17.6 Å². The summed E-state index contributed by atoms with van der Waals surface area (Å²) in [5.74, 6) is -0.922. The first kappa shape index (κ1) is 16.7. The maximum atomic E-state index is 14.1. The lowest BCUT2D eigenvalue weighted by atomic mass is 10.2. The van der Waals surface area contributed by atoms with Gasteiger partial charge in [0.05, 0.1) is 10.4 Å². The summed E-state index contributed by atoms with van der Waals surface area (Å²) in [4.78, 5) is 19.0. The first-order valence-corrected chi connectivity index (χ1v) is 7.06. The zero-order valence-electron chi connectivity index (χ0n) is 11.4. The Morgan fingerprint density at radius 1 is 1.04 bits per heavy atom. The molecular formula is C14H5Cl2F4N3O. The van der Waals surface area contributed by atoms with E-state index >= 15 is 0 Å². The highest BCUT2D eigenvalue weighted by Gasteiger charge is 2.33. The zero-order valence-corrected chi connectivity index (χ0v) is 12.9. The Balaban J connectivity index is 2.49. The molecule has 3 aromatic rings. The molecule has 0 saturated carbocycles. The maximum Gasteiger partial charge on any atom is 0.433 e. The molecule has 0 unspecified atom stereocenters. The van der Waals surface area contributed by atoms with Crippen LogP contribution in [0.5, 0.6) is 0 Å². The number of halogens is 6. The Labute approximate surface area is 141 Å². The molecule has 3 rings (SSSR count). The number of para-hydroxylation sites is 1. The van der Waals surface area contributed by atoms with E-state index in [1.165, 1.54) is 12.1 Å². The third-order valence-corrected chi connectivity index (χ3v) is 3.74. The minimum absolute atomic E-state index is 0.0522.